The summed E-state index contributed by atoms with van der Waals surface area (Å²) in [4.78, 5) is 8.19. The van der Waals surface area contributed by atoms with E-state index in [4.69, 9.17) is 21.3 Å². The molecule has 0 aliphatic carbocycles. The van der Waals surface area contributed by atoms with E-state index in [0.717, 1.165) is 45.2 Å². The Labute approximate surface area is 198 Å². The van der Waals surface area contributed by atoms with Gasteiger partial charge in [-0.2, -0.15) is 0 Å². The van der Waals surface area contributed by atoms with E-state index in [2.05, 4.69) is 54.8 Å². The highest BCUT2D eigenvalue weighted by Crippen LogP contribution is 2.37. The van der Waals surface area contributed by atoms with E-state index in [-0.39, 0.29) is 6.04 Å². The number of methoxy groups -OCH3 is 1. The van der Waals surface area contributed by atoms with Crippen molar-refractivity contribution in [2.24, 2.45) is 0 Å². The van der Waals surface area contributed by atoms with Crippen molar-refractivity contribution in [3.63, 3.8) is 0 Å². The van der Waals surface area contributed by atoms with E-state index in [1.54, 1.807) is 18.4 Å². The van der Waals surface area contributed by atoms with Gasteiger partial charge in [0, 0.05) is 33.5 Å². The highest BCUT2D eigenvalue weighted by atomic mass is 35.5. The number of anilines is 1. The summed E-state index contributed by atoms with van der Waals surface area (Å²) in [5, 5.41) is 7.73. The topological polar surface area (TPSA) is 37.4 Å². The number of hydrogen-bond acceptors (Lipinski definition) is 5. The zero-order valence-corrected chi connectivity index (χ0v) is 20.6. The molecule has 1 N–H and O–H groups in total. The van der Waals surface area contributed by atoms with Crippen LogP contribution in [0.4, 0.5) is 5.69 Å². The zero-order chi connectivity index (χ0) is 22.8. The van der Waals surface area contributed by atoms with Gasteiger partial charge in [0.25, 0.3) is 0 Å². The number of thiophene rings is 1. The van der Waals surface area contributed by atoms with E-state index in [0.29, 0.717) is 0 Å². The lowest BCUT2D eigenvalue weighted by Gasteiger charge is -2.17. The quantitative estimate of drug-likeness (QED) is 0.314. The molecule has 0 radical (unpaired) electrons. The molecular formula is C26H28ClN3OS. The second kappa shape index (κ2) is 9.49. The number of benzene rings is 2. The van der Waals surface area contributed by atoms with E-state index < -0.39 is 0 Å². The average molecular weight is 466 g/mol. The van der Waals surface area contributed by atoms with Gasteiger partial charge in [-0.05, 0) is 74.8 Å². The fourth-order valence-corrected chi connectivity index (χ4v) is 5.11. The minimum Gasteiger partial charge on any atom is -0.497 e. The Balaban J connectivity index is 1.60. The van der Waals surface area contributed by atoms with Gasteiger partial charge in [-0.25, -0.2) is 0 Å². The number of nitrogens with zero attached hydrogens (tertiary/aromatic N) is 2. The molecule has 0 bridgehead atoms. The molecule has 4 aromatic rings. The van der Waals surface area contributed by atoms with Crippen LogP contribution in [0.3, 0.4) is 0 Å². The Bertz CT molecular complexity index is 1250. The molecule has 0 spiro atoms. The van der Waals surface area contributed by atoms with Crippen molar-refractivity contribution in [3.8, 4) is 16.9 Å². The lowest BCUT2D eigenvalue weighted by Crippen LogP contribution is -2.11. The van der Waals surface area contributed by atoms with Gasteiger partial charge in [-0.15, -0.1) is 11.3 Å². The molecule has 2 heterocycles. The summed E-state index contributed by atoms with van der Waals surface area (Å²) in [7, 11) is 5.82. The van der Waals surface area contributed by atoms with Gasteiger partial charge < -0.3 is 15.0 Å². The van der Waals surface area contributed by atoms with Gasteiger partial charge in [0.1, 0.15) is 5.75 Å². The van der Waals surface area contributed by atoms with Crippen LogP contribution in [0.15, 0.2) is 53.9 Å². The van der Waals surface area contributed by atoms with Crippen LogP contribution in [0, 0.1) is 6.92 Å². The number of halogens is 1. The molecule has 2 aromatic carbocycles. The third kappa shape index (κ3) is 4.75. The van der Waals surface area contributed by atoms with E-state index in [1.165, 1.54) is 16.0 Å². The summed E-state index contributed by atoms with van der Waals surface area (Å²) in [6.45, 7) is 5.06. The van der Waals surface area contributed by atoms with Gasteiger partial charge in [0.2, 0.25) is 0 Å². The van der Waals surface area contributed by atoms with Crippen LogP contribution in [-0.2, 0) is 6.54 Å². The predicted molar refractivity (Wildman–Crippen MR) is 137 cm³/mol. The molecule has 0 saturated carbocycles. The summed E-state index contributed by atoms with van der Waals surface area (Å²) in [5.74, 6) is 0.817. The largest absolute Gasteiger partial charge is 0.497 e. The lowest BCUT2D eigenvalue weighted by molar-refractivity contribution is 0.403. The third-order valence-electron chi connectivity index (χ3n) is 5.51. The highest BCUT2D eigenvalue weighted by Gasteiger charge is 2.16. The SMILES string of the molecule is COc1ccc2cc(N[C@H](C)c3cc(-c4c(Cl)cccc4CN(C)C)cs3)c(C)nc2c1. The Hall–Kier alpha value is -2.60. The number of aromatic nitrogens is 1. The summed E-state index contributed by atoms with van der Waals surface area (Å²) < 4.78 is 5.33. The number of pyridine rings is 1. The Morgan fingerprint density at radius 3 is 2.72 bits per heavy atom. The van der Waals surface area contributed by atoms with Crippen molar-refractivity contribution in [1.82, 2.24) is 9.88 Å². The third-order valence-corrected chi connectivity index (χ3v) is 6.94. The summed E-state index contributed by atoms with van der Waals surface area (Å²) in [6.07, 6.45) is 0. The first-order valence-electron chi connectivity index (χ1n) is 10.6. The van der Waals surface area contributed by atoms with Crippen LogP contribution in [0.5, 0.6) is 5.75 Å². The first-order valence-corrected chi connectivity index (χ1v) is 11.8. The van der Waals surface area contributed by atoms with Crippen LogP contribution in [0.2, 0.25) is 5.02 Å². The zero-order valence-electron chi connectivity index (χ0n) is 19.1. The average Bonchev–Trinajstić information content (AvgIpc) is 3.23. The number of aryl methyl sites for hydroxylation is 1. The molecule has 166 valence electrons. The second-order valence-electron chi connectivity index (χ2n) is 8.30. The molecule has 4 rings (SSSR count). The van der Waals surface area contributed by atoms with Gasteiger partial charge in [-0.1, -0.05) is 23.7 Å². The molecule has 0 unspecified atom stereocenters. The summed E-state index contributed by atoms with van der Waals surface area (Å²) >= 11 is 8.37. The Kier molecular flexibility index (Phi) is 6.70. The minimum absolute atomic E-state index is 0.143. The fraction of sp³-hybridized carbons (Fsp3) is 0.269. The molecule has 0 aliphatic heterocycles. The maximum Gasteiger partial charge on any atom is 0.121 e. The van der Waals surface area contributed by atoms with E-state index in [9.17, 15) is 0 Å². The van der Waals surface area contributed by atoms with Crippen molar-refractivity contribution in [1.29, 1.82) is 0 Å². The number of ether oxygens (including phenoxy) is 1. The van der Waals surface area contributed by atoms with Gasteiger partial charge in [0.15, 0.2) is 0 Å². The van der Waals surface area contributed by atoms with Crippen molar-refractivity contribution >= 4 is 39.5 Å². The molecule has 0 aliphatic rings. The van der Waals surface area contributed by atoms with Crippen LogP contribution in [0.25, 0.3) is 22.0 Å². The van der Waals surface area contributed by atoms with Crippen LogP contribution in [-0.4, -0.2) is 31.1 Å². The van der Waals surface area contributed by atoms with Gasteiger partial charge >= 0.3 is 0 Å². The Morgan fingerprint density at radius 2 is 1.97 bits per heavy atom. The number of fused-ring (bicyclic) bond motifs is 1. The number of rotatable bonds is 7. The van der Waals surface area contributed by atoms with Crippen molar-refractivity contribution in [2.75, 3.05) is 26.5 Å². The van der Waals surface area contributed by atoms with Crippen molar-refractivity contribution < 1.29 is 4.74 Å². The normalized spacial score (nSPS) is 12.3. The van der Waals surface area contributed by atoms with E-state index >= 15 is 0 Å². The maximum absolute atomic E-state index is 6.62. The summed E-state index contributed by atoms with van der Waals surface area (Å²) in [6, 6.07) is 16.7. The van der Waals surface area contributed by atoms with Gasteiger partial charge in [-0.3, -0.25) is 4.98 Å². The first-order chi connectivity index (χ1) is 15.4. The minimum atomic E-state index is 0.143. The molecule has 0 amide bonds. The maximum atomic E-state index is 6.62. The van der Waals surface area contributed by atoms with Crippen LogP contribution in [0.1, 0.15) is 29.1 Å². The lowest BCUT2D eigenvalue weighted by atomic mass is 10.0. The molecule has 4 nitrogen and oxygen atoms in total. The number of hydrogen-bond donors (Lipinski definition) is 1. The van der Waals surface area contributed by atoms with Crippen molar-refractivity contribution in [3.05, 3.63) is 75.1 Å². The van der Waals surface area contributed by atoms with Gasteiger partial charge in [0.05, 0.1) is 30.0 Å². The molecule has 0 saturated heterocycles. The molecule has 32 heavy (non-hydrogen) atoms. The smallest absolute Gasteiger partial charge is 0.121 e. The van der Waals surface area contributed by atoms with E-state index in [1.807, 2.05) is 37.3 Å². The van der Waals surface area contributed by atoms with Crippen LogP contribution >= 0.6 is 22.9 Å². The number of nitrogens with one attached hydrogen (secondary N) is 1. The predicted octanol–water partition coefficient (Wildman–Crippen LogP) is 7.17. The molecular weight excluding hydrogens is 438 g/mol. The van der Waals surface area contributed by atoms with Crippen LogP contribution < -0.4 is 10.1 Å². The molecule has 1 atom stereocenters. The highest BCUT2D eigenvalue weighted by molar-refractivity contribution is 7.10. The second-order valence-corrected chi connectivity index (χ2v) is 9.65. The molecule has 6 heteroatoms. The van der Waals surface area contributed by atoms with Crippen molar-refractivity contribution in [2.45, 2.75) is 26.4 Å². The standard InChI is InChI=1S/C26H28ClN3OS/c1-16-23(11-18-9-10-21(31-5)13-24(18)28-16)29-17(2)25-12-20(15-32-25)26-19(14-30(3)4)7-6-8-22(26)27/h6-13,15,17,29H,14H2,1-5H3/t17-/m1/s1. The monoisotopic (exact) mass is 465 g/mol. The molecule has 0 fully saturated rings. The first kappa shape index (κ1) is 22.6. The Morgan fingerprint density at radius 1 is 1.16 bits per heavy atom. The molecule has 2 aromatic heterocycles. The summed E-state index contributed by atoms with van der Waals surface area (Å²) in [5.41, 5.74) is 6.46. The fourth-order valence-electron chi connectivity index (χ4n) is 3.90.